The minimum atomic E-state index is -4.69. The van der Waals surface area contributed by atoms with Crippen LogP contribution >= 0.6 is 11.6 Å². The van der Waals surface area contributed by atoms with Crippen molar-refractivity contribution in [2.75, 3.05) is 11.9 Å². The van der Waals surface area contributed by atoms with Crippen LogP contribution in [0.15, 0.2) is 36.5 Å². The van der Waals surface area contributed by atoms with Gasteiger partial charge in [-0.2, -0.15) is 13.2 Å². The van der Waals surface area contributed by atoms with E-state index in [-0.39, 0.29) is 22.2 Å². The summed E-state index contributed by atoms with van der Waals surface area (Å²) in [7, 11) is 0. The average molecular weight is 400 g/mol. The van der Waals surface area contributed by atoms with Crippen LogP contribution in [0.25, 0.3) is 0 Å². The van der Waals surface area contributed by atoms with Gasteiger partial charge in [-0.15, -0.1) is 0 Å². The molecule has 0 unspecified atom stereocenters. The molecule has 1 heterocycles. The van der Waals surface area contributed by atoms with Crippen LogP contribution in [-0.4, -0.2) is 23.3 Å². The van der Waals surface area contributed by atoms with Crippen LogP contribution in [0.4, 0.5) is 18.9 Å². The maximum atomic E-state index is 13.1. The molecule has 5 nitrogen and oxygen atoms in total. The second kappa shape index (κ2) is 8.39. The maximum absolute atomic E-state index is 13.1. The van der Waals surface area contributed by atoms with Crippen LogP contribution in [0.2, 0.25) is 5.02 Å². The molecule has 9 heteroatoms. The fraction of sp³-hybridized carbons (Fsp3) is 0.278. The van der Waals surface area contributed by atoms with Gasteiger partial charge < -0.3 is 10.6 Å². The summed E-state index contributed by atoms with van der Waals surface area (Å²) in [6, 6.07) is 5.64. The first-order valence-corrected chi connectivity index (χ1v) is 8.38. The number of halogens is 4. The summed E-state index contributed by atoms with van der Waals surface area (Å²) in [6.45, 7) is 4.30. The first-order chi connectivity index (χ1) is 12.6. The lowest BCUT2D eigenvalue weighted by Crippen LogP contribution is -2.27. The van der Waals surface area contributed by atoms with Crippen LogP contribution in [0, 0.1) is 5.92 Å². The van der Waals surface area contributed by atoms with E-state index >= 15 is 0 Å². The number of benzene rings is 1. The third kappa shape index (κ3) is 5.68. The number of rotatable bonds is 5. The average Bonchev–Trinajstić information content (AvgIpc) is 2.60. The van der Waals surface area contributed by atoms with Crippen molar-refractivity contribution in [1.82, 2.24) is 10.3 Å². The van der Waals surface area contributed by atoms with Gasteiger partial charge in [0.15, 0.2) is 0 Å². The molecule has 0 radical (unpaired) electrons. The minimum absolute atomic E-state index is 0.109. The Balaban J connectivity index is 2.22. The number of nitrogens with zero attached hydrogens (tertiary/aromatic N) is 1. The largest absolute Gasteiger partial charge is 0.418 e. The lowest BCUT2D eigenvalue weighted by Gasteiger charge is -2.14. The lowest BCUT2D eigenvalue weighted by molar-refractivity contribution is -0.136. The second-order valence-electron chi connectivity index (χ2n) is 6.18. The molecule has 2 amide bonds. The van der Waals surface area contributed by atoms with E-state index in [9.17, 15) is 22.8 Å². The Morgan fingerprint density at radius 2 is 1.85 bits per heavy atom. The molecule has 0 aliphatic carbocycles. The molecule has 2 rings (SSSR count). The van der Waals surface area contributed by atoms with Crippen LogP contribution in [-0.2, 0) is 6.18 Å². The molecule has 144 valence electrons. The summed E-state index contributed by atoms with van der Waals surface area (Å²) in [5.74, 6) is -1.03. The lowest BCUT2D eigenvalue weighted by atomic mass is 10.1. The summed E-state index contributed by atoms with van der Waals surface area (Å²) in [4.78, 5) is 28.2. The van der Waals surface area contributed by atoms with Crippen LogP contribution in [0.5, 0.6) is 0 Å². The van der Waals surface area contributed by atoms with Crippen molar-refractivity contribution in [3.05, 3.63) is 58.4 Å². The SMILES string of the molecule is CC(C)CNC(=O)c1ccnc(C(=O)Nc2ccc(Cl)cc2C(F)(F)F)c1. The Kier molecular flexibility index (Phi) is 6.43. The van der Waals surface area contributed by atoms with Gasteiger partial charge in [0, 0.05) is 23.3 Å². The summed E-state index contributed by atoms with van der Waals surface area (Å²) in [5, 5.41) is 4.74. The van der Waals surface area contributed by atoms with Crippen molar-refractivity contribution in [2.24, 2.45) is 5.92 Å². The van der Waals surface area contributed by atoms with Gasteiger partial charge in [0.25, 0.3) is 11.8 Å². The molecule has 0 aliphatic heterocycles. The zero-order chi connectivity index (χ0) is 20.2. The van der Waals surface area contributed by atoms with E-state index in [4.69, 9.17) is 11.6 Å². The third-order valence-corrected chi connectivity index (χ3v) is 3.70. The number of anilines is 1. The molecule has 0 aliphatic rings. The molecule has 0 fully saturated rings. The Bertz CT molecular complexity index is 854. The zero-order valence-electron chi connectivity index (χ0n) is 14.5. The highest BCUT2D eigenvalue weighted by Crippen LogP contribution is 2.36. The highest BCUT2D eigenvalue weighted by Gasteiger charge is 2.34. The van der Waals surface area contributed by atoms with Crippen LogP contribution < -0.4 is 10.6 Å². The van der Waals surface area contributed by atoms with E-state index in [2.05, 4.69) is 15.6 Å². The monoisotopic (exact) mass is 399 g/mol. The van der Waals surface area contributed by atoms with Gasteiger partial charge in [0.1, 0.15) is 5.69 Å². The van der Waals surface area contributed by atoms with Gasteiger partial charge in [0.05, 0.1) is 11.3 Å². The van der Waals surface area contributed by atoms with Gasteiger partial charge in [-0.3, -0.25) is 14.6 Å². The molecule has 1 aromatic carbocycles. The Morgan fingerprint density at radius 1 is 1.15 bits per heavy atom. The maximum Gasteiger partial charge on any atom is 0.418 e. The molecule has 0 spiro atoms. The summed E-state index contributed by atoms with van der Waals surface area (Å²) in [5.41, 5.74) is -1.53. The van der Waals surface area contributed by atoms with Crippen molar-refractivity contribution in [3.8, 4) is 0 Å². The van der Waals surface area contributed by atoms with Crippen molar-refractivity contribution >= 4 is 29.1 Å². The van der Waals surface area contributed by atoms with E-state index in [1.54, 1.807) is 0 Å². The number of alkyl halides is 3. The van der Waals surface area contributed by atoms with Crippen LogP contribution in [0.3, 0.4) is 0 Å². The Hall–Kier alpha value is -2.61. The van der Waals surface area contributed by atoms with Gasteiger partial charge in [0.2, 0.25) is 0 Å². The van der Waals surface area contributed by atoms with E-state index in [0.29, 0.717) is 6.54 Å². The van der Waals surface area contributed by atoms with Crippen molar-refractivity contribution in [2.45, 2.75) is 20.0 Å². The highest BCUT2D eigenvalue weighted by molar-refractivity contribution is 6.30. The number of amides is 2. The first kappa shape index (κ1) is 20.7. The number of hydrogen-bond acceptors (Lipinski definition) is 3. The number of carbonyl (C=O) groups is 2. The molecule has 0 bridgehead atoms. The third-order valence-electron chi connectivity index (χ3n) is 3.46. The molecule has 2 N–H and O–H groups in total. The van der Waals surface area contributed by atoms with E-state index in [0.717, 1.165) is 12.1 Å². The van der Waals surface area contributed by atoms with Crippen molar-refractivity contribution < 1.29 is 22.8 Å². The molecule has 27 heavy (non-hydrogen) atoms. The molecule has 0 saturated carbocycles. The van der Waals surface area contributed by atoms with E-state index in [1.165, 1.54) is 24.4 Å². The van der Waals surface area contributed by atoms with Crippen molar-refractivity contribution in [1.29, 1.82) is 0 Å². The number of nitrogens with one attached hydrogen (secondary N) is 2. The van der Waals surface area contributed by atoms with Crippen LogP contribution in [0.1, 0.15) is 40.3 Å². The quantitative estimate of drug-likeness (QED) is 0.783. The summed E-state index contributed by atoms with van der Waals surface area (Å²) < 4.78 is 39.4. The topological polar surface area (TPSA) is 71.1 Å². The molecule has 0 atom stereocenters. The van der Waals surface area contributed by atoms with E-state index < -0.39 is 29.2 Å². The predicted molar refractivity (Wildman–Crippen MR) is 95.8 cm³/mol. The Morgan fingerprint density at radius 3 is 2.48 bits per heavy atom. The zero-order valence-corrected chi connectivity index (χ0v) is 15.3. The molecule has 2 aromatic rings. The fourth-order valence-electron chi connectivity index (χ4n) is 2.14. The first-order valence-electron chi connectivity index (χ1n) is 8.00. The smallest absolute Gasteiger partial charge is 0.352 e. The van der Waals surface area contributed by atoms with Gasteiger partial charge in [-0.25, -0.2) is 0 Å². The normalized spacial score (nSPS) is 11.4. The molecular weight excluding hydrogens is 383 g/mol. The molecule has 1 aromatic heterocycles. The Labute approximate surface area is 158 Å². The standard InChI is InChI=1S/C18H17ClF3N3O2/c1-10(2)9-24-16(26)11-5-6-23-15(7-11)17(27)25-14-4-3-12(19)8-13(14)18(20,21)22/h3-8,10H,9H2,1-2H3,(H,24,26)(H,25,27). The second-order valence-corrected chi connectivity index (χ2v) is 6.61. The van der Waals surface area contributed by atoms with Crippen molar-refractivity contribution in [3.63, 3.8) is 0 Å². The molecule has 0 saturated heterocycles. The van der Waals surface area contributed by atoms with Gasteiger partial charge in [-0.1, -0.05) is 25.4 Å². The summed E-state index contributed by atoms with van der Waals surface area (Å²) in [6.07, 6.45) is -3.45. The fourth-order valence-corrected chi connectivity index (χ4v) is 2.31. The number of aromatic nitrogens is 1. The van der Waals surface area contributed by atoms with E-state index in [1.807, 2.05) is 13.8 Å². The number of pyridine rings is 1. The van der Waals surface area contributed by atoms with Gasteiger partial charge in [-0.05, 0) is 36.2 Å². The predicted octanol–water partition coefficient (Wildman–Crippen LogP) is 4.39. The summed E-state index contributed by atoms with van der Waals surface area (Å²) >= 11 is 5.61. The minimum Gasteiger partial charge on any atom is -0.352 e. The number of hydrogen-bond donors (Lipinski definition) is 2. The van der Waals surface area contributed by atoms with Gasteiger partial charge >= 0.3 is 6.18 Å². The number of carbonyl (C=O) groups excluding carboxylic acids is 2. The highest BCUT2D eigenvalue weighted by atomic mass is 35.5. The molecular formula is C18H17ClF3N3O2.